The molecule has 3 saturated heterocycles. The summed E-state index contributed by atoms with van der Waals surface area (Å²) in [4.78, 5) is 55.2. The summed E-state index contributed by atoms with van der Waals surface area (Å²) in [6.45, 7) is 8.79. The Hall–Kier alpha value is -3.94. The normalized spacial score (nSPS) is 26.5. The third-order valence-corrected chi connectivity index (χ3v) is 9.84. The number of rotatable bonds is 8. The minimum Gasteiger partial charge on any atom is -0.444 e. The van der Waals surface area contributed by atoms with Crippen molar-refractivity contribution in [1.29, 1.82) is 0 Å². The number of benzene rings is 2. The molecule has 5 rings (SSSR count). The molecule has 7 atom stereocenters. The summed E-state index contributed by atoms with van der Waals surface area (Å²) in [7, 11) is 0. The highest BCUT2D eigenvalue weighted by Gasteiger charge is 2.59. The molecule has 0 bridgehead atoms. The molecule has 3 fully saturated rings. The summed E-state index contributed by atoms with van der Waals surface area (Å²) in [5.41, 5.74) is -3.25. The van der Waals surface area contributed by atoms with E-state index >= 15 is 0 Å². The molecule has 0 aliphatic carbocycles. The zero-order chi connectivity index (χ0) is 40.9. The summed E-state index contributed by atoms with van der Waals surface area (Å²) < 4.78 is 80.3. The van der Waals surface area contributed by atoms with Gasteiger partial charge in [-0.15, -0.1) is 0 Å². The second-order valence-corrected chi connectivity index (χ2v) is 15.9. The smallest absolute Gasteiger partial charge is 0.411 e. The maximum Gasteiger partial charge on any atom is 0.411 e. The number of nitrogens with zero attached hydrogens (tertiary/aromatic N) is 2. The van der Waals surface area contributed by atoms with E-state index < -0.39 is 129 Å². The van der Waals surface area contributed by atoms with Crippen LogP contribution in [-0.2, 0) is 28.5 Å². The van der Waals surface area contributed by atoms with Crippen LogP contribution < -0.4 is 10.6 Å². The lowest BCUT2D eigenvalue weighted by Gasteiger charge is -2.34. The number of hydrogen-bond acceptors (Lipinski definition) is 10. The number of aliphatic hydroxyl groups is 2. The minimum atomic E-state index is -1.80. The highest BCUT2D eigenvalue weighted by molar-refractivity contribution is 6.31. The van der Waals surface area contributed by atoms with Crippen LogP contribution in [-0.4, -0.2) is 111 Å². The van der Waals surface area contributed by atoms with E-state index in [2.05, 4.69) is 10.6 Å². The Morgan fingerprint density at radius 1 is 0.818 bits per heavy atom. The predicted molar refractivity (Wildman–Crippen MR) is 187 cm³/mol. The van der Waals surface area contributed by atoms with Gasteiger partial charge in [-0.2, -0.15) is 0 Å². The van der Waals surface area contributed by atoms with E-state index in [1.54, 1.807) is 27.7 Å². The SMILES string of the molecule is CC(C)(C)OC(=O)N1C[C@H]2OC(C)(CCC(C)(C)OC(=O)N3C[C@@H](O)[C@@H](O)[C@H]3C(=O)Nc3ccc(F)c(Cl)c3F)O[C@H]2[C@H]1C(=O)Nc1ccc(F)c(Cl)c1F. The van der Waals surface area contributed by atoms with E-state index in [1.165, 1.54) is 13.8 Å². The summed E-state index contributed by atoms with van der Waals surface area (Å²) in [6.07, 6.45) is -7.28. The number of carbonyl (C=O) groups excluding carboxylic acids is 4. The Balaban J connectivity index is 1.26. The van der Waals surface area contributed by atoms with E-state index in [4.69, 9.17) is 42.1 Å². The van der Waals surface area contributed by atoms with Crippen LogP contribution in [0.1, 0.15) is 54.4 Å². The number of carbonyl (C=O) groups is 4. The topological polar surface area (TPSA) is 176 Å². The van der Waals surface area contributed by atoms with Gasteiger partial charge in [0.1, 0.15) is 69.4 Å². The van der Waals surface area contributed by atoms with Crippen molar-refractivity contribution in [2.24, 2.45) is 0 Å². The molecule has 20 heteroatoms. The van der Waals surface area contributed by atoms with Crippen LogP contribution in [0.15, 0.2) is 24.3 Å². The molecule has 4 N–H and O–H groups in total. The zero-order valence-corrected chi connectivity index (χ0v) is 31.9. The lowest BCUT2D eigenvalue weighted by molar-refractivity contribution is -0.185. The van der Waals surface area contributed by atoms with E-state index in [-0.39, 0.29) is 19.4 Å². The molecule has 3 heterocycles. The lowest BCUT2D eigenvalue weighted by Crippen LogP contribution is -2.51. The number of amides is 4. The number of anilines is 2. The minimum absolute atomic E-state index is 0.0308. The number of hydrogen-bond donors (Lipinski definition) is 4. The summed E-state index contributed by atoms with van der Waals surface area (Å²) in [5.74, 6) is -8.08. The molecule has 0 spiro atoms. The largest absolute Gasteiger partial charge is 0.444 e. The number of fused-ring (bicyclic) bond motifs is 1. The van der Waals surface area contributed by atoms with E-state index in [9.17, 15) is 47.0 Å². The third-order valence-electron chi connectivity index (χ3n) is 9.14. The van der Waals surface area contributed by atoms with Gasteiger partial charge in [0, 0.05) is 6.42 Å². The second-order valence-electron chi connectivity index (χ2n) is 15.2. The van der Waals surface area contributed by atoms with Crippen LogP contribution in [0.4, 0.5) is 38.5 Å². The first-order valence-corrected chi connectivity index (χ1v) is 17.8. The van der Waals surface area contributed by atoms with Gasteiger partial charge in [-0.05, 0) is 72.2 Å². The van der Waals surface area contributed by atoms with Crippen molar-refractivity contribution in [3.63, 3.8) is 0 Å². The lowest BCUT2D eigenvalue weighted by atomic mass is 9.99. The quantitative estimate of drug-likeness (QED) is 0.201. The molecular formula is C35H40Cl2F4N4O10. The molecule has 14 nitrogen and oxygen atoms in total. The Kier molecular flexibility index (Phi) is 11.9. The van der Waals surface area contributed by atoms with Crippen LogP contribution in [0.5, 0.6) is 0 Å². The number of aliphatic hydroxyl groups excluding tert-OH is 2. The van der Waals surface area contributed by atoms with Gasteiger partial charge in [0.15, 0.2) is 17.4 Å². The average Bonchev–Trinajstić information content (AvgIpc) is 3.70. The fourth-order valence-electron chi connectivity index (χ4n) is 6.42. The van der Waals surface area contributed by atoms with Crippen molar-refractivity contribution in [3.8, 4) is 0 Å². The van der Waals surface area contributed by atoms with Crippen molar-refractivity contribution in [2.75, 3.05) is 23.7 Å². The van der Waals surface area contributed by atoms with Crippen LogP contribution in [0.25, 0.3) is 0 Å². The maximum absolute atomic E-state index is 14.7. The molecular weight excluding hydrogens is 783 g/mol. The second kappa shape index (κ2) is 15.5. The molecule has 3 aliphatic heterocycles. The molecule has 2 aromatic carbocycles. The molecule has 302 valence electrons. The monoisotopic (exact) mass is 822 g/mol. The predicted octanol–water partition coefficient (Wildman–Crippen LogP) is 5.35. The molecule has 0 aromatic heterocycles. The Morgan fingerprint density at radius 3 is 1.84 bits per heavy atom. The molecule has 55 heavy (non-hydrogen) atoms. The van der Waals surface area contributed by atoms with Gasteiger partial charge >= 0.3 is 12.2 Å². The van der Waals surface area contributed by atoms with Gasteiger partial charge < -0.3 is 39.8 Å². The van der Waals surface area contributed by atoms with Crippen molar-refractivity contribution in [3.05, 3.63) is 57.6 Å². The van der Waals surface area contributed by atoms with E-state index in [0.29, 0.717) is 0 Å². The number of nitrogens with one attached hydrogen (secondary N) is 2. The summed E-state index contributed by atoms with van der Waals surface area (Å²) in [5, 5.41) is 23.6. The van der Waals surface area contributed by atoms with Gasteiger partial charge in [-0.3, -0.25) is 19.4 Å². The van der Waals surface area contributed by atoms with E-state index in [1.807, 2.05) is 0 Å². The molecule has 1 unspecified atom stereocenters. The highest BCUT2D eigenvalue weighted by atomic mass is 35.5. The van der Waals surface area contributed by atoms with Crippen molar-refractivity contribution in [1.82, 2.24) is 9.80 Å². The van der Waals surface area contributed by atoms with Gasteiger partial charge in [-0.1, -0.05) is 23.2 Å². The van der Waals surface area contributed by atoms with Crippen LogP contribution in [0.3, 0.4) is 0 Å². The first kappa shape index (κ1) is 42.2. The first-order valence-electron chi connectivity index (χ1n) is 17.0. The number of β-amino-alcohol motifs (C(OH)–C–C–N with tert-alkyl or cyclic N) is 1. The highest BCUT2D eigenvalue weighted by Crippen LogP contribution is 2.42. The number of ether oxygens (including phenoxy) is 4. The van der Waals surface area contributed by atoms with Crippen LogP contribution >= 0.6 is 23.2 Å². The van der Waals surface area contributed by atoms with Gasteiger partial charge in [0.25, 0.3) is 0 Å². The standard InChI is InChI=1S/C35H40Cl2F4N4O10/c1-33(2,3)54-31(50)45-14-20-28(26(45)30(49)43-18-10-8-16(39)22(37)24(18)41)53-35(6,52-20)12-11-34(4,5)55-32(51)44-13-19(46)27(47)25(44)29(48)42-17-9-7-15(38)21(36)23(17)40/h7-10,19-20,25-28,46-47H,11-14H2,1-6H3,(H,42,48)(H,43,49)/t19-,20-,25+,26+,27-,28-,35?/m1/s1. The number of halogens is 6. The fraction of sp³-hybridized carbons (Fsp3) is 0.543. The van der Waals surface area contributed by atoms with E-state index in [0.717, 1.165) is 34.1 Å². The Labute approximate surface area is 322 Å². The van der Waals surface area contributed by atoms with Crippen molar-refractivity contribution in [2.45, 2.75) is 108 Å². The summed E-state index contributed by atoms with van der Waals surface area (Å²) >= 11 is 11.3. The van der Waals surface area contributed by atoms with Crippen LogP contribution in [0, 0.1) is 23.3 Å². The first-order chi connectivity index (χ1) is 25.4. The molecule has 4 amide bonds. The zero-order valence-electron chi connectivity index (χ0n) is 30.4. The third kappa shape index (κ3) is 9.05. The molecule has 0 saturated carbocycles. The Morgan fingerprint density at radius 2 is 1.31 bits per heavy atom. The summed E-state index contributed by atoms with van der Waals surface area (Å²) in [6, 6.07) is 0.377. The number of likely N-dealkylation sites (tertiary alicyclic amines) is 2. The molecule has 3 aliphatic rings. The average molecular weight is 824 g/mol. The molecule has 2 aromatic rings. The van der Waals surface area contributed by atoms with Crippen molar-refractivity contribution >= 4 is 58.6 Å². The van der Waals surface area contributed by atoms with Gasteiger partial charge in [-0.25, -0.2) is 27.2 Å². The van der Waals surface area contributed by atoms with Crippen molar-refractivity contribution < 1.29 is 65.9 Å². The van der Waals surface area contributed by atoms with Gasteiger partial charge in [0.05, 0.1) is 24.5 Å². The fourth-order valence-corrected chi connectivity index (χ4v) is 6.75. The maximum atomic E-state index is 14.7. The van der Waals surface area contributed by atoms with Crippen LogP contribution in [0.2, 0.25) is 10.0 Å². The van der Waals surface area contributed by atoms with Gasteiger partial charge in [0.2, 0.25) is 11.8 Å². The molecule has 0 radical (unpaired) electrons. The Bertz CT molecular complexity index is 1870.